The van der Waals surface area contributed by atoms with Crippen molar-refractivity contribution in [3.05, 3.63) is 48.6 Å². The number of rotatable bonds is 29. The highest BCUT2D eigenvalue weighted by atomic mass is 16.5. The predicted octanol–water partition coefficient (Wildman–Crippen LogP) is 12.2. The summed E-state index contributed by atoms with van der Waals surface area (Å²) in [6.07, 6.45) is 47.2. The van der Waals surface area contributed by atoms with E-state index in [1.165, 1.54) is 128 Å². The largest absolute Gasteiger partial charge is 0.466 e. The first-order valence-electron chi connectivity index (χ1n) is 16.6. The minimum absolute atomic E-state index is 0.00162. The second kappa shape index (κ2) is 33.5. The average Bonchev–Trinajstić information content (AvgIpc) is 2.92. The van der Waals surface area contributed by atoms with Gasteiger partial charge in [0.15, 0.2) is 0 Å². The van der Waals surface area contributed by atoms with Crippen LogP contribution >= 0.6 is 0 Å². The van der Waals surface area contributed by atoms with Crippen molar-refractivity contribution in [2.24, 2.45) is 0 Å². The highest BCUT2D eigenvalue weighted by Gasteiger charge is 2.02. The van der Waals surface area contributed by atoms with Crippen molar-refractivity contribution in [2.45, 2.75) is 168 Å². The van der Waals surface area contributed by atoms with Gasteiger partial charge in [-0.1, -0.05) is 146 Å². The van der Waals surface area contributed by atoms with Crippen molar-refractivity contribution < 1.29 is 9.53 Å². The Labute approximate surface area is 238 Å². The SMILES string of the molecule is CCCCC/C=C\C=C/CCCCCCCCCOC(=O)CCCCCCCC/C=C\C=C/CCCCC. The maximum Gasteiger partial charge on any atom is 0.305 e. The molecule has 0 aliphatic rings. The molecule has 2 nitrogen and oxygen atoms in total. The number of ether oxygens (including phenoxy) is 1. The number of carbonyl (C=O) groups excluding carboxylic acids is 1. The molecule has 0 spiro atoms. The van der Waals surface area contributed by atoms with Crippen molar-refractivity contribution in [1.82, 2.24) is 0 Å². The first-order chi connectivity index (χ1) is 18.8. The molecule has 0 saturated heterocycles. The maximum absolute atomic E-state index is 11.9. The number of unbranched alkanes of at least 4 members (excludes halogenated alkanes) is 19. The summed E-state index contributed by atoms with van der Waals surface area (Å²) < 4.78 is 5.42. The summed E-state index contributed by atoms with van der Waals surface area (Å²) in [6, 6.07) is 0. The van der Waals surface area contributed by atoms with E-state index in [0.29, 0.717) is 13.0 Å². The van der Waals surface area contributed by atoms with Crippen LogP contribution in [0.15, 0.2) is 48.6 Å². The van der Waals surface area contributed by atoms with Gasteiger partial charge < -0.3 is 4.74 Å². The Kier molecular flexibility index (Phi) is 32.1. The third kappa shape index (κ3) is 32.5. The molecule has 0 aromatic rings. The second-order valence-electron chi connectivity index (χ2n) is 10.8. The molecule has 0 aromatic carbocycles. The molecule has 38 heavy (non-hydrogen) atoms. The first-order valence-corrected chi connectivity index (χ1v) is 16.6. The molecular formula is C36H64O2. The molecule has 0 amide bonds. The van der Waals surface area contributed by atoms with Crippen LogP contribution < -0.4 is 0 Å². The van der Waals surface area contributed by atoms with Crippen LogP contribution in [-0.4, -0.2) is 12.6 Å². The van der Waals surface area contributed by atoms with Crippen LogP contribution in [0.1, 0.15) is 168 Å². The predicted molar refractivity (Wildman–Crippen MR) is 170 cm³/mol. The summed E-state index contributed by atoms with van der Waals surface area (Å²) in [4.78, 5) is 11.9. The lowest BCUT2D eigenvalue weighted by molar-refractivity contribution is -0.143. The lowest BCUT2D eigenvalue weighted by Crippen LogP contribution is -2.05. The highest BCUT2D eigenvalue weighted by Crippen LogP contribution is 2.11. The van der Waals surface area contributed by atoms with E-state index < -0.39 is 0 Å². The Bertz CT molecular complexity index is 584. The van der Waals surface area contributed by atoms with Gasteiger partial charge in [0, 0.05) is 6.42 Å². The second-order valence-corrected chi connectivity index (χ2v) is 10.8. The number of allylic oxidation sites excluding steroid dienone is 8. The summed E-state index contributed by atoms with van der Waals surface area (Å²) in [5.41, 5.74) is 0. The fourth-order valence-corrected chi connectivity index (χ4v) is 4.47. The van der Waals surface area contributed by atoms with E-state index in [4.69, 9.17) is 4.74 Å². The van der Waals surface area contributed by atoms with Gasteiger partial charge in [0.1, 0.15) is 0 Å². The summed E-state index contributed by atoms with van der Waals surface area (Å²) in [5, 5.41) is 0. The lowest BCUT2D eigenvalue weighted by atomic mass is 10.1. The van der Waals surface area contributed by atoms with Crippen LogP contribution in [0, 0.1) is 0 Å². The number of hydrogen-bond acceptors (Lipinski definition) is 2. The van der Waals surface area contributed by atoms with E-state index in [1.807, 2.05) is 0 Å². The van der Waals surface area contributed by atoms with Gasteiger partial charge in [-0.25, -0.2) is 0 Å². The molecular weight excluding hydrogens is 464 g/mol. The number of hydrogen-bond donors (Lipinski definition) is 0. The smallest absolute Gasteiger partial charge is 0.305 e. The average molecular weight is 529 g/mol. The van der Waals surface area contributed by atoms with Gasteiger partial charge in [-0.05, 0) is 64.2 Å². The Hall–Kier alpha value is -1.57. The molecule has 0 fully saturated rings. The summed E-state index contributed by atoms with van der Waals surface area (Å²) in [5.74, 6) is 0.00162. The molecule has 0 aliphatic carbocycles. The van der Waals surface area contributed by atoms with Gasteiger partial charge in [0.2, 0.25) is 0 Å². The van der Waals surface area contributed by atoms with Gasteiger partial charge in [-0.15, -0.1) is 0 Å². The first kappa shape index (κ1) is 36.4. The van der Waals surface area contributed by atoms with Gasteiger partial charge in [0.05, 0.1) is 6.61 Å². The quantitative estimate of drug-likeness (QED) is 0.0548. The molecule has 0 aliphatic heterocycles. The molecule has 0 radical (unpaired) electrons. The van der Waals surface area contributed by atoms with Crippen molar-refractivity contribution in [3.63, 3.8) is 0 Å². The summed E-state index contributed by atoms with van der Waals surface area (Å²) in [7, 11) is 0. The van der Waals surface area contributed by atoms with Crippen LogP contribution in [-0.2, 0) is 9.53 Å². The van der Waals surface area contributed by atoms with Crippen LogP contribution in [0.2, 0.25) is 0 Å². The minimum atomic E-state index is 0.00162. The number of carbonyl (C=O) groups is 1. The molecule has 0 N–H and O–H groups in total. The Morgan fingerprint density at radius 3 is 1.21 bits per heavy atom. The minimum Gasteiger partial charge on any atom is -0.466 e. The Balaban J connectivity index is 3.28. The molecule has 0 aromatic heterocycles. The fraction of sp³-hybridized carbons (Fsp3) is 0.750. The third-order valence-electron chi connectivity index (χ3n) is 7.00. The monoisotopic (exact) mass is 528 g/mol. The molecule has 0 saturated carbocycles. The van der Waals surface area contributed by atoms with Crippen LogP contribution in [0.5, 0.6) is 0 Å². The summed E-state index contributed by atoms with van der Waals surface area (Å²) >= 11 is 0. The molecule has 0 rings (SSSR count). The lowest BCUT2D eigenvalue weighted by Gasteiger charge is -2.05. The number of esters is 1. The molecule has 220 valence electrons. The van der Waals surface area contributed by atoms with Crippen molar-refractivity contribution in [3.8, 4) is 0 Å². The summed E-state index contributed by atoms with van der Waals surface area (Å²) in [6.45, 7) is 5.11. The van der Waals surface area contributed by atoms with Gasteiger partial charge in [-0.2, -0.15) is 0 Å². The van der Waals surface area contributed by atoms with Crippen LogP contribution in [0.3, 0.4) is 0 Å². The van der Waals surface area contributed by atoms with Crippen LogP contribution in [0.4, 0.5) is 0 Å². The van der Waals surface area contributed by atoms with Crippen molar-refractivity contribution >= 4 is 5.97 Å². The van der Waals surface area contributed by atoms with E-state index in [-0.39, 0.29) is 5.97 Å². The van der Waals surface area contributed by atoms with E-state index in [2.05, 4.69) is 62.5 Å². The van der Waals surface area contributed by atoms with E-state index in [9.17, 15) is 4.79 Å². The molecule has 0 atom stereocenters. The zero-order valence-corrected chi connectivity index (χ0v) is 25.6. The zero-order chi connectivity index (χ0) is 27.6. The Morgan fingerprint density at radius 2 is 0.789 bits per heavy atom. The third-order valence-corrected chi connectivity index (χ3v) is 7.00. The Morgan fingerprint density at radius 1 is 0.447 bits per heavy atom. The maximum atomic E-state index is 11.9. The standard InChI is InChI=1S/C36H64O2/c1-3-5-7-9-11-13-15-17-19-21-23-25-27-29-31-33-35-38-36(37)34-32-30-28-26-24-22-20-18-16-14-12-10-8-6-4-2/h11-18H,3-10,19-35H2,1-2H3/b13-11-,14-12-,17-15-,18-16-. The molecule has 0 heterocycles. The molecule has 2 heteroatoms. The van der Waals surface area contributed by atoms with Gasteiger partial charge >= 0.3 is 5.97 Å². The van der Waals surface area contributed by atoms with Gasteiger partial charge in [0.25, 0.3) is 0 Å². The molecule has 0 bridgehead atoms. The normalized spacial score (nSPS) is 12.2. The molecule has 0 unspecified atom stereocenters. The van der Waals surface area contributed by atoms with Crippen LogP contribution in [0.25, 0.3) is 0 Å². The highest BCUT2D eigenvalue weighted by molar-refractivity contribution is 5.69. The van der Waals surface area contributed by atoms with E-state index >= 15 is 0 Å². The van der Waals surface area contributed by atoms with Crippen molar-refractivity contribution in [1.29, 1.82) is 0 Å². The fourth-order valence-electron chi connectivity index (χ4n) is 4.47. The van der Waals surface area contributed by atoms with Gasteiger partial charge in [-0.3, -0.25) is 4.79 Å². The van der Waals surface area contributed by atoms with E-state index in [1.54, 1.807) is 0 Å². The topological polar surface area (TPSA) is 26.3 Å². The zero-order valence-electron chi connectivity index (χ0n) is 25.6. The van der Waals surface area contributed by atoms with E-state index in [0.717, 1.165) is 19.3 Å². The van der Waals surface area contributed by atoms with Crippen molar-refractivity contribution in [2.75, 3.05) is 6.61 Å².